The number of aromatic nitrogens is 3. The number of rotatable bonds is 3. The molecular formula is C18H18ClFN4O4. The Bertz CT molecular complexity index is 1050. The maximum Gasteiger partial charge on any atom is 0.222 e. The van der Waals surface area contributed by atoms with Crippen molar-refractivity contribution in [3.8, 4) is 0 Å². The molecule has 2 aromatic heterocycles. The Kier molecular flexibility index (Phi) is 4.72. The average Bonchev–Trinajstić information content (AvgIpc) is 3.19. The number of nitrogens with zero attached hydrogens (tertiary/aromatic N) is 3. The molecule has 1 fully saturated rings. The van der Waals surface area contributed by atoms with Crippen LogP contribution in [0.5, 0.6) is 0 Å². The van der Waals surface area contributed by atoms with Gasteiger partial charge in [0.15, 0.2) is 6.23 Å². The van der Waals surface area contributed by atoms with Gasteiger partial charge in [0, 0.05) is 11.6 Å². The lowest BCUT2D eigenvalue weighted by Crippen LogP contribution is -2.34. The van der Waals surface area contributed by atoms with Crippen LogP contribution in [0.3, 0.4) is 0 Å². The lowest BCUT2D eigenvalue weighted by Gasteiger charge is -2.21. The second-order valence-electron chi connectivity index (χ2n) is 6.72. The number of hydrogen-bond donors (Lipinski definition) is 4. The number of halogens is 2. The normalized spacial score (nSPS) is 26.1. The lowest BCUT2D eigenvalue weighted by molar-refractivity contribution is -0.0848. The fraction of sp³-hybridized carbons (Fsp3) is 0.333. The van der Waals surface area contributed by atoms with Crippen molar-refractivity contribution in [3.05, 3.63) is 52.6 Å². The van der Waals surface area contributed by atoms with Gasteiger partial charge in [-0.25, -0.2) is 9.37 Å². The highest BCUT2D eigenvalue weighted by Gasteiger charge is 2.47. The smallest absolute Gasteiger partial charge is 0.222 e. The molecule has 1 saturated heterocycles. The number of aliphatic hydroxyl groups excluding tert-OH is 3. The van der Waals surface area contributed by atoms with Crippen LogP contribution in [0.4, 0.5) is 10.3 Å². The summed E-state index contributed by atoms with van der Waals surface area (Å²) in [6.07, 6.45) is -4.76. The number of benzene rings is 1. The van der Waals surface area contributed by atoms with E-state index in [0.717, 1.165) is 6.07 Å². The van der Waals surface area contributed by atoms with Gasteiger partial charge < -0.3 is 30.4 Å². The molecule has 1 aromatic carbocycles. The first-order valence-electron chi connectivity index (χ1n) is 8.53. The predicted octanol–water partition coefficient (Wildman–Crippen LogP) is 1.47. The van der Waals surface area contributed by atoms with E-state index in [-0.39, 0.29) is 16.5 Å². The highest BCUT2D eigenvalue weighted by molar-refractivity contribution is 6.30. The Morgan fingerprint density at radius 3 is 2.71 bits per heavy atom. The molecule has 3 aromatic rings. The summed E-state index contributed by atoms with van der Waals surface area (Å²) in [4.78, 5) is 8.27. The Morgan fingerprint density at radius 2 is 2.00 bits per heavy atom. The van der Waals surface area contributed by atoms with Crippen molar-refractivity contribution in [2.45, 2.75) is 37.6 Å². The van der Waals surface area contributed by atoms with Crippen LogP contribution in [0.25, 0.3) is 11.0 Å². The molecule has 5 N–H and O–H groups in total. The monoisotopic (exact) mass is 408 g/mol. The quantitative estimate of drug-likeness (QED) is 0.516. The molecule has 0 bridgehead atoms. The van der Waals surface area contributed by atoms with E-state index >= 15 is 0 Å². The fourth-order valence-corrected chi connectivity index (χ4v) is 3.59. The molecule has 10 heteroatoms. The van der Waals surface area contributed by atoms with Gasteiger partial charge in [0.1, 0.15) is 35.9 Å². The van der Waals surface area contributed by atoms with E-state index in [1.165, 1.54) is 16.7 Å². The summed E-state index contributed by atoms with van der Waals surface area (Å²) < 4.78 is 21.0. The van der Waals surface area contributed by atoms with Crippen LogP contribution >= 0.6 is 11.6 Å². The maximum atomic E-state index is 13.7. The van der Waals surface area contributed by atoms with Crippen LogP contribution in [0, 0.1) is 12.7 Å². The van der Waals surface area contributed by atoms with Crippen LogP contribution in [0.2, 0.25) is 5.02 Å². The van der Waals surface area contributed by atoms with Gasteiger partial charge in [0.25, 0.3) is 0 Å². The number of ether oxygens (including phenoxy) is 1. The van der Waals surface area contributed by atoms with Crippen LogP contribution in [0.15, 0.2) is 30.5 Å². The third kappa shape index (κ3) is 3.01. The third-order valence-electron chi connectivity index (χ3n) is 4.93. The van der Waals surface area contributed by atoms with E-state index in [1.54, 1.807) is 19.2 Å². The van der Waals surface area contributed by atoms with Gasteiger partial charge in [-0.3, -0.25) is 0 Å². The Hall–Kier alpha value is -2.30. The minimum atomic E-state index is -1.42. The van der Waals surface area contributed by atoms with Crippen LogP contribution < -0.4 is 5.73 Å². The summed E-state index contributed by atoms with van der Waals surface area (Å²) in [6.45, 7) is 1.77. The zero-order chi connectivity index (χ0) is 20.2. The molecule has 0 aliphatic carbocycles. The number of nitrogen functional groups attached to an aromatic ring is 1. The highest BCUT2D eigenvalue weighted by atomic mass is 35.5. The van der Waals surface area contributed by atoms with Gasteiger partial charge in [-0.15, -0.1) is 0 Å². The molecule has 0 saturated carbocycles. The van der Waals surface area contributed by atoms with Crippen molar-refractivity contribution in [1.82, 2.24) is 14.5 Å². The van der Waals surface area contributed by atoms with Crippen LogP contribution in [-0.4, -0.2) is 48.2 Å². The molecule has 1 aliphatic rings. The van der Waals surface area contributed by atoms with E-state index < -0.39 is 36.5 Å². The standard InChI is InChI=1S/C18H18ClFN4O4/c1-7-9-4-5-24(16(9)23-18(21)22-7)17-14(27)13(26)15(28-17)12(25)8-2-3-10(19)11(20)6-8/h2-6,12-15,17,25-27H,1H3,(H2,21,22,23). The molecule has 4 rings (SSSR count). The van der Waals surface area contributed by atoms with Gasteiger partial charge in [-0.1, -0.05) is 17.7 Å². The molecule has 0 radical (unpaired) electrons. The Balaban J connectivity index is 1.67. The topological polar surface area (TPSA) is 127 Å². The van der Waals surface area contributed by atoms with Crippen molar-refractivity contribution in [3.63, 3.8) is 0 Å². The molecule has 8 nitrogen and oxygen atoms in total. The summed E-state index contributed by atoms with van der Waals surface area (Å²) in [5, 5.41) is 32.2. The first-order valence-corrected chi connectivity index (χ1v) is 8.91. The van der Waals surface area contributed by atoms with E-state index in [9.17, 15) is 19.7 Å². The largest absolute Gasteiger partial charge is 0.387 e. The van der Waals surface area contributed by atoms with Gasteiger partial charge in [0.2, 0.25) is 5.95 Å². The van der Waals surface area contributed by atoms with Crippen molar-refractivity contribution >= 4 is 28.6 Å². The SMILES string of the molecule is Cc1nc(N)nc2c1ccn2C1OC(C(O)c2ccc(Cl)c(F)c2)C(O)C1O. The molecule has 0 amide bonds. The average molecular weight is 409 g/mol. The van der Waals surface area contributed by atoms with Crippen molar-refractivity contribution in [2.24, 2.45) is 0 Å². The number of hydrogen-bond acceptors (Lipinski definition) is 7. The van der Waals surface area contributed by atoms with Gasteiger partial charge in [-0.05, 0) is 30.7 Å². The van der Waals surface area contributed by atoms with Crippen molar-refractivity contribution in [1.29, 1.82) is 0 Å². The highest BCUT2D eigenvalue weighted by Crippen LogP contribution is 2.38. The Morgan fingerprint density at radius 1 is 1.25 bits per heavy atom. The lowest BCUT2D eigenvalue weighted by atomic mass is 9.99. The van der Waals surface area contributed by atoms with E-state index in [4.69, 9.17) is 22.1 Å². The molecular weight excluding hydrogens is 391 g/mol. The summed E-state index contributed by atoms with van der Waals surface area (Å²) >= 11 is 5.67. The zero-order valence-electron chi connectivity index (χ0n) is 14.7. The molecule has 0 spiro atoms. The second kappa shape index (κ2) is 6.94. The molecule has 3 heterocycles. The minimum absolute atomic E-state index is 0.0613. The fourth-order valence-electron chi connectivity index (χ4n) is 3.47. The van der Waals surface area contributed by atoms with Gasteiger partial charge in [-0.2, -0.15) is 4.98 Å². The number of aliphatic hydroxyl groups is 3. The number of anilines is 1. The molecule has 1 aliphatic heterocycles. The van der Waals surface area contributed by atoms with Gasteiger partial charge in [0.05, 0.1) is 10.7 Å². The number of nitrogens with two attached hydrogens (primary N) is 1. The second-order valence-corrected chi connectivity index (χ2v) is 7.13. The molecule has 5 atom stereocenters. The first-order chi connectivity index (χ1) is 13.3. The summed E-state index contributed by atoms with van der Waals surface area (Å²) in [7, 11) is 0. The van der Waals surface area contributed by atoms with E-state index in [1.807, 2.05) is 0 Å². The first kappa shape index (κ1) is 19.0. The maximum absolute atomic E-state index is 13.7. The van der Waals surface area contributed by atoms with E-state index in [2.05, 4.69) is 9.97 Å². The summed E-state index contributed by atoms with van der Waals surface area (Å²) in [5.41, 5.74) is 6.96. The minimum Gasteiger partial charge on any atom is -0.387 e. The van der Waals surface area contributed by atoms with E-state index in [0.29, 0.717) is 16.7 Å². The number of fused-ring (bicyclic) bond motifs is 1. The Labute approximate surface area is 164 Å². The number of aryl methyl sites for hydroxylation is 1. The zero-order valence-corrected chi connectivity index (χ0v) is 15.5. The molecule has 28 heavy (non-hydrogen) atoms. The molecule has 5 unspecified atom stereocenters. The van der Waals surface area contributed by atoms with Crippen molar-refractivity contribution < 1.29 is 24.4 Å². The third-order valence-corrected chi connectivity index (χ3v) is 5.23. The summed E-state index contributed by atoms with van der Waals surface area (Å²) in [6, 6.07) is 5.52. The summed E-state index contributed by atoms with van der Waals surface area (Å²) in [5.74, 6) is -0.645. The van der Waals surface area contributed by atoms with Crippen LogP contribution in [-0.2, 0) is 4.74 Å². The van der Waals surface area contributed by atoms with Crippen LogP contribution in [0.1, 0.15) is 23.6 Å². The van der Waals surface area contributed by atoms with Crippen molar-refractivity contribution in [2.75, 3.05) is 5.73 Å². The predicted molar refractivity (Wildman–Crippen MR) is 99.0 cm³/mol. The molecule has 148 valence electrons. The van der Waals surface area contributed by atoms with Gasteiger partial charge >= 0.3 is 0 Å².